The molecule has 0 radical (unpaired) electrons. The molecule has 0 saturated heterocycles. The van der Waals surface area contributed by atoms with Gasteiger partial charge in [-0.1, -0.05) is 62.4 Å². The van der Waals surface area contributed by atoms with Crippen molar-refractivity contribution in [3.05, 3.63) is 95.6 Å². The molecule has 0 aliphatic rings. The van der Waals surface area contributed by atoms with Crippen LogP contribution in [0.15, 0.2) is 83.8 Å². The number of amides is 1. The van der Waals surface area contributed by atoms with E-state index in [0.717, 1.165) is 11.1 Å². The van der Waals surface area contributed by atoms with E-state index in [9.17, 15) is 18.3 Å². The Kier molecular flexibility index (Phi) is 9.48. The number of carbonyl (C=O) groups is 1. The summed E-state index contributed by atoms with van der Waals surface area (Å²) in [6.45, 7) is 5.85. The Hall–Kier alpha value is -3.20. The molecule has 37 heavy (non-hydrogen) atoms. The van der Waals surface area contributed by atoms with Crippen LogP contribution < -0.4 is 10.1 Å². The van der Waals surface area contributed by atoms with Crippen molar-refractivity contribution in [3.63, 3.8) is 0 Å². The van der Waals surface area contributed by atoms with E-state index in [1.54, 1.807) is 24.3 Å². The first kappa shape index (κ1) is 28.4. The van der Waals surface area contributed by atoms with Gasteiger partial charge in [-0.3, -0.25) is 4.79 Å². The Morgan fingerprint density at radius 3 is 2.22 bits per heavy atom. The number of methoxy groups -OCH3 is 1. The number of nitrogens with one attached hydrogen (secondary N) is 1. The normalized spacial score (nSPS) is 13.4. The maximum absolute atomic E-state index is 13.9. The van der Waals surface area contributed by atoms with Crippen LogP contribution in [0.2, 0.25) is 0 Å². The van der Waals surface area contributed by atoms with Crippen molar-refractivity contribution < 1.29 is 23.1 Å². The highest BCUT2D eigenvalue weighted by atomic mass is 32.2. The Morgan fingerprint density at radius 2 is 1.62 bits per heavy atom. The molecule has 1 amide bonds. The van der Waals surface area contributed by atoms with E-state index in [0.29, 0.717) is 11.3 Å². The van der Waals surface area contributed by atoms with Crippen LogP contribution in [0, 0.1) is 12.8 Å². The largest absolute Gasteiger partial charge is 0.497 e. The van der Waals surface area contributed by atoms with Crippen LogP contribution in [-0.4, -0.2) is 49.7 Å². The van der Waals surface area contributed by atoms with Gasteiger partial charge in [0.2, 0.25) is 10.0 Å². The number of hydrogen-bond acceptors (Lipinski definition) is 5. The number of aliphatic hydroxyl groups is 1. The Labute approximate surface area is 220 Å². The fourth-order valence-electron chi connectivity index (χ4n) is 4.22. The van der Waals surface area contributed by atoms with Crippen molar-refractivity contribution in [1.29, 1.82) is 0 Å². The summed E-state index contributed by atoms with van der Waals surface area (Å²) < 4.78 is 34.2. The van der Waals surface area contributed by atoms with Crippen LogP contribution >= 0.6 is 0 Å². The number of ether oxygens (including phenoxy) is 1. The van der Waals surface area contributed by atoms with Crippen molar-refractivity contribution in [2.45, 2.75) is 44.2 Å². The molecule has 8 heteroatoms. The van der Waals surface area contributed by atoms with E-state index >= 15 is 0 Å². The molecule has 1 atom stereocenters. The van der Waals surface area contributed by atoms with Gasteiger partial charge >= 0.3 is 0 Å². The number of nitrogens with zero attached hydrogens (tertiary/aromatic N) is 1. The zero-order chi connectivity index (χ0) is 27.1. The van der Waals surface area contributed by atoms with Crippen molar-refractivity contribution in [2.24, 2.45) is 5.92 Å². The molecule has 0 bridgehead atoms. The van der Waals surface area contributed by atoms with Crippen LogP contribution in [0.4, 0.5) is 0 Å². The average Bonchev–Trinajstić information content (AvgIpc) is 2.88. The molecule has 7 nitrogen and oxygen atoms in total. The van der Waals surface area contributed by atoms with Gasteiger partial charge in [0.25, 0.3) is 5.91 Å². The predicted molar refractivity (Wildman–Crippen MR) is 145 cm³/mol. The quantitative estimate of drug-likeness (QED) is 0.343. The van der Waals surface area contributed by atoms with Gasteiger partial charge in [-0.05, 0) is 54.3 Å². The van der Waals surface area contributed by atoms with E-state index in [1.165, 1.54) is 23.5 Å². The van der Waals surface area contributed by atoms with Gasteiger partial charge in [0.1, 0.15) is 11.5 Å². The molecular formula is C29H36N2O5S. The summed E-state index contributed by atoms with van der Waals surface area (Å²) in [5, 5.41) is 14.9. The van der Waals surface area contributed by atoms with Gasteiger partial charge in [-0.15, -0.1) is 0 Å². The molecule has 0 heterocycles. The SMILES string of the molecule is COc1ccc(S(=O)(=O)N(CC(C)C)C(O)(CCNC(=O)c2ccccc2C)Cc2ccccc2)cc1. The summed E-state index contributed by atoms with van der Waals surface area (Å²) in [5.41, 5.74) is 0.375. The minimum absolute atomic E-state index is 0.00161. The molecule has 0 aliphatic carbocycles. The second-order valence-corrected chi connectivity index (χ2v) is 11.4. The van der Waals surface area contributed by atoms with Crippen LogP contribution in [0.3, 0.4) is 0 Å². The molecule has 0 spiro atoms. The highest BCUT2D eigenvalue weighted by Gasteiger charge is 2.43. The third-order valence-corrected chi connectivity index (χ3v) is 8.11. The van der Waals surface area contributed by atoms with Crippen LogP contribution in [0.5, 0.6) is 5.75 Å². The van der Waals surface area contributed by atoms with Gasteiger partial charge in [0, 0.05) is 31.5 Å². The van der Waals surface area contributed by atoms with Gasteiger partial charge in [0.15, 0.2) is 0 Å². The van der Waals surface area contributed by atoms with E-state index in [2.05, 4.69) is 5.32 Å². The van der Waals surface area contributed by atoms with E-state index in [-0.39, 0.29) is 42.7 Å². The number of hydrogen-bond donors (Lipinski definition) is 2. The molecule has 3 aromatic carbocycles. The lowest BCUT2D eigenvalue weighted by Gasteiger charge is -2.40. The highest BCUT2D eigenvalue weighted by Crippen LogP contribution is 2.31. The topological polar surface area (TPSA) is 95.9 Å². The van der Waals surface area contributed by atoms with Gasteiger partial charge in [-0.25, -0.2) is 8.42 Å². The lowest BCUT2D eigenvalue weighted by molar-refractivity contribution is -0.0700. The van der Waals surface area contributed by atoms with Crippen molar-refractivity contribution in [3.8, 4) is 5.75 Å². The Bertz CT molecular complexity index is 1280. The molecule has 0 aliphatic heterocycles. The number of sulfonamides is 1. The molecule has 0 aromatic heterocycles. The summed E-state index contributed by atoms with van der Waals surface area (Å²) in [7, 11) is -2.58. The summed E-state index contributed by atoms with van der Waals surface area (Å²) >= 11 is 0. The van der Waals surface area contributed by atoms with Crippen LogP contribution in [0.25, 0.3) is 0 Å². The third kappa shape index (κ3) is 7.19. The fourth-order valence-corrected chi connectivity index (χ4v) is 6.05. The first-order chi connectivity index (χ1) is 17.6. The molecule has 198 valence electrons. The third-order valence-electron chi connectivity index (χ3n) is 6.17. The number of aryl methyl sites for hydroxylation is 1. The summed E-state index contributed by atoms with van der Waals surface area (Å²) in [4.78, 5) is 12.9. The van der Waals surface area contributed by atoms with Crippen molar-refractivity contribution >= 4 is 15.9 Å². The van der Waals surface area contributed by atoms with Crippen molar-refractivity contribution in [2.75, 3.05) is 20.2 Å². The summed E-state index contributed by atoms with van der Waals surface area (Å²) in [6, 6.07) is 22.6. The first-order valence-electron chi connectivity index (χ1n) is 12.3. The minimum atomic E-state index is -4.09. The fraction of sp³-hybridized carbons (Fsp3) is 0.345. The maximum Gasteiger partial charge on any atom is 0.251 e. The smallest absolute Gasteiger partial charge is 0.251 e. The van der Waals surface area contributed by atoms with Crippen LogP contribution in [-0.2, 0) is 16.4 Å². The lowest BCUT2D eigenvalue weighted by atomic mass is 9.98. The maximum atomic E-state index is 13.9. The molecule has 0 saturated carbocycles. The number of rotatable bonds is 12. The standard InChI is InChI=1S/C29H36N2O5S/c1-22(2)21-31(37(34,35)26-16-14-25(36-4)15-17-26)29(33,20-24-11-6-5-7-12-24)18-19-30-28(32)27-13-9-8-10-23(27)3/h5-17,22,33H,18-21H2,1-4H3,(H,30,32). The zero-order valence-electron chi connectivity index (χ0n) is 21.8. The molecule has 3 aromatic rings. The first-order valence-corrected chi connectivity index (χ1v) is 13.8. The number of benzene rings is 3. The molecule has 3 rings (SSSR count). The second-order valence-electron chi connectivity index (χ2n) is 9.57. The Balaban J connectivity index is 1.95. The highest BCUT2D eigenvalue weighted by molar-refractivity contribution is 7.89. The van der Waals surface area contributed by atoms with Gasteiger partial charge < -0.3 is 15.2 Å². The van der Waals surface area contributed by atoms with E-state index in [1.807, 2.05) is 63.2 Å². The Morgan fingerprint density at radius 1 is 1.00 bits per heavy atom. The van der Waals surface area contributed by atoms with Crippen LogP contribution in [0.1, 0.15) is 41.8 Å². The van der Waals surface area contributed by atoms with E-state index < -0.39 is 15.7 Å². The summed E-state index contributed by atoms with van der Waals surface area (Å²) in [5.74, 6) is 0.207. The molecule has 0 fully saturated rings. The molecular weight excluding hydrogens is 488 g/mol. The van der Waals surface area contributed by atoms with Crippen molar-refractivity contribution in [1.82, 2.24) is 9.62 Å². The summed E-state index contributed by atoms with van der Waals surface area (Å²) in [6.07, 6.45) is 0.0673. The molecule has 2 N–H and O–H groups in total. The second kappa shape index (κ2) is 12.4. The monoisotopic (exact) mass is 524 g/mol. The predicted octanol–water partition coefficient (Wildman–Crippen LogP) is 4.40. The average molecular weight is 525 g/mol. The lowest BCUT2D eigenvalue weighted by Crippen LogP contribution is -2.55. The van der Waals surface area contributed by atoms with Gasteiger partial charge in [-0.2, -0.15) is 4.31 Å². The minimum Gasteiger partial charge on any atom is -0.497 e. The molecule has 1 unspecified atom stereocenters. The van der Waals surface area contributed by atoms with E-state index in [4.69, 9.17) is 4.74 Å². The van der Waals surface area contributed by atoms with Gasteiger partial charge in [0.05, 0.1) is 12.0 Å². The number of carbonyl (C=O) groups excluding carboxylic acids is 1. The zero-order valence-corrected chi connectivity index (χ0v) is 22.7.